The van der Waals surface area contributed by atoms with Crippen molar-refractivity contribution in [2.24, 2.45) is 0 Å². The number of benzene rings is 11. The minimum absolute atomic E-state index is 0.453. The molecule has 0 spiro atoms. The fourth-order valence-corrected chi connectivity index (χ4v) is 11.0. The number of furan rings is 1. The summed E-state index contributed by atoms with van der Waals surface area (Å²) in [7, 11) is 0. The summed E-state index contributed by atoms with van der Waals surface area (Å²) in [6.45, 7) is 0. The number of anilines is 3. The standard InChI is InChI=1S/C65H43NO/c1-5-19-45(20-6-1)61-62-57-30-14-13-27-53(57)54-42-35-47(43-58(54)64(62)67-63(61)46-21-7-2-8-22-46)44-33-38-51(39-34-44)66(50-25-11-4-12-26-50)52-40-36-49(37-41-52)65(48-23-9-3-10-24-48)59-31-17-15-28-55(59)56-29-16-18-32-60(56)65/h1-43H. The van der Waals surface area contributed by atoms with Gasteiger partial charge in [-0.1, -0.05) is 218 Å². The second-order valence-corrected chi connectivity index (χ2v) is 17.5. The molecule has 13 rings (SSSR count). The Bertz CT molecular complexity index is 3720. The zero-order chi connectivity index (χ0) is 44.3. The number of rotatable bonds is 8. The van der Waals surface area contributed by atoms with Crippen molar-refractivity contribution >= 4 is 49.6 Å². The van der Waals surface area contributed by atoms with Gasteiger partial charge in [0, 0.05) is 39.0 Å². The molecule has 0 amide bonds. The predicted octanol–water partition coefficient (Wildman–Crippen LogP) is 17.6. The van der Waals surface area contributed by atoms with Gasteiger partial charge in [0.05, 0.1) is 5.41 Å². The molecular weight excluding hydrogens is 811 g/mol. The molecule has 0 saturated carbocycles. The van der Waals surface area contributed by atoms with Gasteiger partial charge in [-0.05, 0) is 109 Å². The average Bonchev–Trinajstić information content (AvgIpc) is 3.96. The van der Waals surface area contributed by atoms with Gasteiger partial charge in [0.25, 0.3) is 0 Å². The maximum absolute atomic E-state index is 7.10. The smallest absolute Gasteiger partial charge is 0.143 e. The van der Waals surface area contributed by atoms with Crippen molar-refractivity contribution in [2.45, 2.75) is 5.41 Å². The Hall–Kier alpha value is -8.72. The molecule has 67 heavy (non-hydrogen) atoms. The molecule has 1 aliphatic rings. The lowest BCUT2D eigenvalue weighted by Crippen LogP contribution is -2.28. The highest BCUT2D eigenvalue weighted by Gasteiger charge is 2.45. The molecule has 1 aromatic heterocycles. The minimum atomic E-state index is -0.453. The molecule has 2 nitrogen and oxygen atoms in total. The molecule has 0 fully saturated rings. The SMILES string of the molecule is c1ccc(-c2oc3c4cc(-c5ccc(N(c6ccccc6)c6ccc(C7(c8ccccc8)c8ccccc8-c8ccccc87)cc6)cc5)ccc4c4ccccc4c3c2-c2ccccc2)cc1. The van der Waals surface area contributed by atoms with E-state index in [1.807, 2.05) is 0 Å². The highest BCUT2D eigenvalue weighted by molar-refractivity contribution is 6.28. The Kier molecular flexibility index (Phi) is 9.11. The summed E-state index contributed by atoms with van der Waals surface area (Å²) in [6, 6.07) is 94.6. The molecule has 0 atom stereocenters. The van der Waals surface area contributed by atoms with Crippen LogP contribution in [0.25, 0.3) is 77.2 Å². The van der Waals surface area contributed by atoms with E-state index in [1.54, 1.807) is 0 Å². The third kappa shape index (κ3) is 6.11. The molecule has 11 aromatic carbocycles. The normalized spacial score (nSPS) is 12.6. The van der Waals surface area contributed by atoms with Gasteiger partial charge in [-0.25, -0.2) is 0 Å². The van der Waals surface area contributed by atoms with Gasteiger partial charge in [0.15, 0.2) is 0 Å². The van der Waals surface area contributed by atoms with Crippen molar-refractivity contribution in [1.82, 2.24) is 0 Å². The van der Waals surface area contributed by atoms with Crippen LogP contribution in [-0.4, -0.2) is 0 Å². The molecule has 0 radical (unpaired) electrons. The lowest BCUT2D eigenvalue weighted by atomic mass is 9.68. The number of hydrogen-bond donors (Lipinski definition) is 0. The summed E-state index contributed by atoms with van der Waals surface area (Å²) >= 11 is 0. The third-order valence-corrected chi connectivity index (χ3v) is 13.9. The van der Waals surface area contributed by atoms with Crippen LogP contribution in [0.5, 0.6) is 0 Å². The largest absolute Gasteiger partial charge is 0.455 e. The van der Waals surface area contributed by atoms with Gasteiger partial charge in [-0.2, -0.15) is 0 Å². The van der Waals surface area contributed by atoms with Gasteiger partial charge in [0.2, 0.25) is 0 Å². The Morgan fingerprint density at radius 1 is 0.313 bits per heavy atom. The van der Waals surface area contributed by atoms with Crippen LogP contribution < -0.4 is 4.90 Å². The first kappa shape index (κ1) is 38.7. The van der Waals surface area contributed by atoms with Crippen molar-refractivity contribution in [3.05, 3.63) is 283 Å². The Balaban J connectivity index is 0.930. The summed E-state index contributed by atoms with van der Waals surface area (Å²) in [5.74, 6) is 0.886. The van der Waals surface area contributed by atoms with Crippen LogP contribution in [0.3, 0.4) is 0 Å². The third-order valence-electron chi connectivity index (χ3n) is 13.9. The monoisotopic (exact) mass is 853 g/mol. The lowest BCUT2D eigenvalue weighted by Gasteiger charge is -2.34. The molecular formula is C65H43NO. The maximum atomic E-state index is 7.10. The Labute approximate surface area is 390 Å². The molecule has 1 heterocycles. The van der Waals surface area contributed by atoms with Gasteiger partial charge >= 0.3 is 0 Å². The molecule has 2 heteroatoms. The van der Waals surface area contributed by atoms with E-state index >= 15 is 0 Å². The summed E-state index contributed by atoms with van der Waals surface area (Å²) in [6.07, 6.45) is 0. The first-order chi connectivity index (χ1) is 33.3. The van der Waals surface area contributed by atoms with Crippen LogP contribution in [0, 0.1) is 0 Å². The lowest BCUT2D eigenvalue weighted by molar-refractivity contribution is 0.636. The van der Waals surface area contributed by atoms with Crippen LogP contribution in [0.4, 0.5) is 17.1 Å². The van der Waals surface area contributed by atoms with E-state index in [0.29, 0.717) is 0 Å². The topological polar surface area (TPSA) is 16.4 Å². The minimum Gasteiger partial charge on any atom is -0.455 e. The summed E-state index contributed by atoms with van der Waals surface area (Å²) in [5, 5.41) is 5.82. The van der Waals surface area contributed by atoms with E-state index in [2.05, 4.69) is 266 Å². The number of fused-ring (bicyclic) bond motifs is 9. The van der Waals surface area contributed by atoms with Crippen molar-refractivity contribution < 1.29 is 4.42 Å². The van der Waals surface area contributed by atoms with Crippen LogP contribution in [0.15, 0.2) is 265 Å². The van der Waals surface area contributed by atoms with Gasteiger partial charge in [-0.3, -0.25) is 0 Å². The van der Waals surface area contributed by atoms with Crippen molar-refractivity contribution in [3.63, 3.8) is 0 Å². The molecule has 0 bridgehead atoms. The highest BCUT2D eigenvalue weighted by Crippen LogP contribution is 2.56. The first-order valence-corrected chi connectivity index (χ1v) is 23.1. The van der Waals surface area contributed by atoms with Crippen molar-refractivity contribution in [3.8, 4) is 44.7 Å². The first-order valence-electron chi connectivity index (χ1n) is 23.1. The predicted molar refractivity (Wildman–Crippen MR) is 280 cm³/mol. The van der Waals surface area contributed by atoms with Crippen molar-refractivity contribution in [1.29, 1.82) is 0 Å². The average molecular weight is 854 g/mol. The second kappa shape index (κ2) is 15.8. The molecule has 12 aromatic rings. The van der Waals surface area contributed by atoms with Crippen LogP contribution in [-0.2, 0) is 5.41 Å². The molecule has 0 N–H and O–H groups in total. The summed E-state index contributed by atoms with van der Waals surface area (Å²) in [4.78, 5) is 2.36. The van der Waals surface area contributed by atoms with Gasteiger partial charge in [-0.15, -0.1) is 0 Å². The van der Waals surface area contributed by atoms with Crippen LogP contribution >= 0.6 is 0 Å². The van der Waals surface area contributed by atoms with Gasteiger partial charge < -0.3 is 9.32 Å². The number of hydrogen-bond acceptors (Lipinski definition) is 2. The van der Waals surface area contributed by atoms with E-state index in [4.69, 9.17) is 4.42 Å². The highest BCUT2D eigenvalue weighted by atomic mass is 16.3. The number of para-hydroxylation sites is 1. The Morgan fingerprint density at radius 3 is 1.42 bits per heavy atom. The van der Waals surface area contributed by atoms with E-state index in [1.165, 1.54) is 49.5 Å². The van der Waals surface area contributed by atoms with E-state index < -0.39 is 5.41 Å². The fraction of sp³-hybridized carbons (Fsp3) is 0.0154. The van der Waals surface area contributed by atoms with E-state index in [0.717, 1.165) is 67.0 Å². The second-order valence-electron chi connectivity index (χ2n) is 17.5. The zero-order valence-electron chi connectivity index (χ0n) is 36.7. The quantitative estimate of drug-likeness (QED) is 0.142. The van der Waals surface area contributed by atoms with Crippen molar-refractivity contribution in [2.75, 3.05) is 4.90 Å². The van der Waals surface area contributed by atoms with Crippen LogP contribution in [0.1, 0.15) is 22.3 Å². The molecule has 0 unspecified atom stereocenters. The van der Waals surface area contributed by atoms with Crippen LogP contribution in [0.2, 0.25) is 0 Å². The maximum Gasteiger partial charge on any atom is 0.143 e. The molecule has 0 aliphatic heterocycles. The zero-order valence-corrected chi connectivity index (χ0v) is 36.7. The molecule has 1 aliphatic carbocycles. The number of nitrogens with zero attached hydrogens (tertiary/aromatic N) is 1. The molecule has 314 valence electrons. The summed E-state index contributed by atoms with van der Waals surface area (Å²) < 4.78 is 7.10. The van der Waals surface area contributed by atoms with E-state index in [-0.39, 0.29) is 0 Å². The molecule has 0 saturated heterocycles. The summed E-state index contributed by atoms with van der Waals surface area (Å²) in [5.41, 5.74) is 17.0. The van der Waals surface area contributed by atoms with E-state index in [9.17, 15) is 0 Å². The fourth-order valence-electron chi connectivity index (χ4n) is 11.0. The Morgan fingerprint density at radius 2 is 0.776 bits per heavy atom. The van der Waals surface area contributed by atoms with Gasteiger partial charge in [0.1, 0.15) is 11.3 Å².